The van der Waals surface area contributed by atoms with Gasteiger partial charge in [-0.25, -0.2) is 0 Å². The zero-order chi connectivity index (χ0) is 80.7. The summed E-state index contributed by atoms with van der Waals surface area (Å²) in [5, 5.41) is -2.21. The van der Waals surface area contributed by atoms with Crippen LogP contribution < -0.4 is 26.2 Å². The molecule has 3 aromatic heterocycles. The highest BCUT2D eigenvalue weighted by molar-refractivity contribution is 7.00. The Morgan fingerprint density at radius 3 is 1.71 bits per heavy atom. The molecule has 376 valence electrons. The van der Waals surface area contributed by atoms with Gasteiger partial charge in [0.1, 0.15) is 11.2 Å². The SMILES string of the molecule is [2H]c1c([2H])c2c3c(c1[2H])-n1c4c([2H])c([2H])c([2H])c([2H])c4c4c([2H])c([2H])c([2H])c(c41)N3c1c([2H])c(C(C)(C)C)c([2H])c3c1B2c1c([2H])c([2H])c(-n2c4c([2H])c([2H])c(C(C)(C)C)c([2H])c4c4c([2H])c(C(C)(C)C)c([2H])c([2H])c42)c([2H])c1N3c1c([2H])c([2H])c(-c2c([2H])c([2H])c([2H])c3oc4c([2H])c([2H])c([2H])c([2H])c4c23)c([2H])c1[2H]. The topological polar surface area (TPSA) is 29.5 Å². The maximum atomic E-state index is 11.2. The second kappa shape index (κ2) is 15.5. The minimum Gasteiger partial charge on any atom is -0.456 e. The zero-order valence-electron chi connectivity index (χ0n) is 75.3. The van der Waals surface area contributed by atoms with Crippen LogP contribution in [0.4, 0.5) is 34.1 Å². The Kier molecular flexibility index (Phi) is 4.74. The second-order valence-corrected chi connectivity index (χ2v) is 22.8. The third kappa shape index (κ3) is 6.20. The fourth-order valence-corrected chi connectivity index (χ4v) is 11.1. The van der Waals surface area contributed by atoms with Crippen LogP contribution >= 0.6 is 0 Å². The van der Waals surface area contributed by atoms with Gasteiger partial charge in [-0.3, -0.25) is 0 Å². The van der Waals surface area contributed by atoms with Crippen molar-refractivity contribution in [3.63, 3.8) is 0 Å². The Labute approximate surface area is 500 Å². The molecule has 0 radical (unpaired) electrons. The number of hydrogen-bond acceptors (Lipinski definition) is 3. The van der Waals surface area contributed by atoms with Gasteiger partial charge >= 0.3 is 0 Å². The molecule has 5 nitrogen and oxygen atoms in total. The van der Waals surface area contributed by atoms with E-state index in [2.05, 4.69) is 0 Å². The highest BCUT2D eigenvalue weighted by Gasteiger charge is 2.47. The van der Waals surface area contributed by atoms with Crippen molar-refractivity contribution in [2.24, 2.45) is 0 Å². The fourth-order valence-electron chi connectivity index (χ4n) is 11.1. The third-order valence-electron chi connectivity index (χ3n) is 14.9. The van der Waals surface area contributed by atoms with E-state index < -0.39 is 328 Å². The van der Waals surface area contributed by atoms with Crippen molar-refractivity contribution in [3.05, 3.63) is 210 Å². The Balaban J connectivity index is 1.17. The first kappa shape index (κ1) is 23.9. The van der Waals surface area contributed by atoms with Crippen molar-refractivity contribution < 1.29 is 48.3 Å². The van der Waals surface area contributed by atoms with Crippen molar-refractivity contribution >= 4 is 123 Å². The number of aromatic nitrogens is 2. The molecule has 13 aromatic rings. The molecule has 0 saturated carbocycles. The van der Waals surface area contributed by atoms with E-state index in [9.17, 15) is 32.9 Å². The van der Waals surface area contributed by atoms with Gasteiger partial charge in [0.05, 0.1) is 83.0 Å². The van der Waals surface area contributed by atoms with E-state index in [-0.39, 0.29) is 43.8 Å². The van der Waals surface area contributed by atoms with Gasteiger partial charge in [0.25, 0.3) is 6.71 Å². The first-order chi connectivity index (χ1) is 51.0. The molecular formula is C72H59BN4O. The summed E-state index contributed by atoms with van der Waals surface area (Å²) in [5.41, 5.74) is -14.8. The fraction of sp³-hybridized carbons (Fsp3) is 0.167. The minimum absolute atomic E-state index is 0.00683. The summed E-state index contributed by atoms with van der Waals surface area (Å²) in [7, 11) is 0. The summed E-state index contributed by atoms with van der Waals surface area (Å²) < 4.78 is 323. The van der Waals surface area contributed by atoms with Crippen LogP contribution in [0.25, 0.3) is 88.1 Å². The van der Waals surface area contributed by atoms with Crippen LogP contribution in [0.15, 0.2) is 198 Å². The molecule has 0 unspecified atom stereocenters. The van der Waals surface area contributed by atoms with Crippen LogP contribution in [-0.4, -0.2) is 15.8 Å². The first-order valence-electron chi connectivity index (χ1n) is 41.2. The number of furan rings is 1. The summed E-state index contributed by atoms with van der Waals surface area (Å²) in [6.45, 7) is 12.8. The van der Waals surface area contributed by atoms with Crippen LogP contribution in [0.5, 0.6) is 0 Å². The molecule has 3 aliphatic heterocycles. The van der Waals surface area contributed by atoms with Gasteiger partial charge in [-0.15, -0.1) is 0 Å². The lowest BCUT2D eigenvalue weighted by Gasteiger charge is -2.47. The maximum absolute atomic E-state index is 11.2. The predicted octanol–water partition coefficient (Wildman–Crippen LogP) is 17.7. The lowest BCUT2D eigenvalue weighted by Crippen LogP contribution is -2.62. The van der Waals surface area contributed by atoms with Crippen molar-refractivity contribution in [3.8, 4) is 22.5 Å². The van der Waals surface area contributed by atoms with Gasteiger partial charge < -0.3 is 23.4 Å². The van der Waals surface area contributed by atoms with Gasteiger partial charge in [-0.05, 0) is 151 Å². The maximum Gasteiger partial charge on any atom is 0.252 e. The van der Waals surface area contributed by atoms with E-state index >= 15 is 0 Å². The summed E-state index contributed by atoms with van der Waals surface area (Å²) in [6, 6.07) is -26.1. The molecular weight excluding hydrogens is 948 g/mol. The Morgan fingerprint density at radius 2 is 0.987 bits per heavy atom. The molecule has 6 heteroatoms. The molecule has 0 N–H and O–H groups in total. The summed E-state index contributed by atoms with van der Waals surface area (Å²) in [6.07, 6.45) is 0. The molecule has 6 heterocycles. The monoisotopic (exact) mass is 1040 g/mol. The number of nitrogens with zero attached hydrogens (tertiary/aromatic N) is 4. The lowest BCUT2D eigenvalue weighted by atomic mass is 9.33. The average molecular weight is 1040 g/mol. The van der Waals surface area contributed by atoms with Gasteiger partial charge in [0.15, 0.2) is 0 Å². The Morgan fingerprint density at radius 1 is 0.397 bits per heavy atom. The molecule has 78 heavy (non-hydrogen) atoms. The quantitative estimate of drug-likeness (QED) is 0.165. The molecule has 10 aromatic carbocycles. The molecule has 0 aliphatic carbocycles. The molecule has 0 bridgehead atoms. The third-order valence-corrected chi connectivity index (χ3v) is 14.9. The van der Waals surface area contributed by atoms with E-state index in [1.807, 2.05) is 0 Å². The number of benzene rings is 10. The van der Waals surface area contributed by atoms with E-state index in [4.69, 9.17) is 15.4 Å². The normalized spacial score (nSPS) is 19.6. The second-order valence-electron chi connectivity index (χ2n) is 22.8. The van der Waals surface area contributed by atoms with Gasteiger partial charge in [0.2, 0.25) is 0 Å². The van der Waals surface area contributed by atoms with Gasteiger partial charge in [-0.1, -0.05) is 165 Å². The highest BCUT2D eigenvalue weighted by atomic mass is 16.3. The Bertz CT molecular complexity index is 6590. The van der Waals surface area contributed by atoms with Gasteiger partial charge in [0, 0.05) is 60.8 Å². The van der Waals surface area contributed by atoms with Crippen LogP contribution in [0.2, 0.25) is 0 Å². The van der Waals surface area contributed by atoms with Gasteiger partial charge in [-0.2, -0.15) is 0 Å². The van der Waals surface area contributed by atoms with E-state index in [0.29, 0.717) is 0 Å². The molecule has 16 rings (SSSR count). The summed E-state index contributed by atoms with van der Waals surface area (Å²) in [5.74, 6) is 0. The van der Waals surface area contributed by atoms with E-state index in [0.717, 1.165) is 14.0 Å². The first-order valence-corrected chi connectivity index (χ1v) is 25.2. The smallest absolute Gasteiger partial charge is 0.252 e. The molecule has 0 spiro atoms. The zero-order valence-corrected chi connectivity index (χ0v) is 43.3. The predicted molar refractivity (Wildman–Crippen MR) is 332 cm³/mol. The standard InChI is InChI=1S/C72H59BN4O/c1-70(2,3)43-29-35-57-52(37-43)53-38-44(71(4,5)6)30-36-58(53)75(57)47-33-34-54-61(41-47)74(46-31-27-42(28-32-46)48-19-15-26-65-66(48)51-18-11-13-25-64(51)78-65)62-39-45(72(7,8)9)40-63-67(62)73(54)55-21-16-24-60-69(55)77(63)59-23-14-20-50-49-17-10-12-22-56(49)76(60)68(50)59/h10-41H,1-9H3/i10D,11D,12D,13D,14D,15D,16D,17D,18D,19D,20D,21D,22D,23D,24D,25D,26D,27D,28D,29D,30D,31D,32D,33D,34D,35D,36D,37D,38D,39D,40D,41D. The molecule has 0 fully saturated rings. The minimum atomic E-state index is -2.05. The molecule has 3 aliphatic rings. The number of hydrogen-bond donors (Lipinski definition) is 0. The van der Waals surface area contributed by atoms with Crippen molar-refractivity contribution in [1.82, 2.24) is 9.13 Å². The van der Waals surface area contributed by atoms with Crippen LogP contribution in [-0.2, 0) is 16.2 Å². The number of rotatable bonds is 3. The van der Waals surface area contributed by atoms with E-state index in [1.54, 1.807) is 62.3 Å². The van der Waals surface area contributed by atoms with E-state index in [1.165, 1.54) is 4.90 Å². The van der Waals surface area contributed by atoms with Crippen LogP contribution in [0.3, 0.4) is 0 Å². The molecule has 0 amide bonds. The molecule has 0 atom stereocenters. The largest absolute Gasteiger partial charge is 0.456 e. The van der Waals surface area contributed by atoms with Crippen molar-refractivity contribution in [1.29, 1.82) is 0 Å². The average Bonchev–Trinajstić information content (AvgIpc) is 0.968. The number of anilines is 6. The number of fused-ring (bicyclic) bond motifs is 15. The highest BCUT2D eigenvalue weighted by Crippen LogP contribution is 2.53. The number of para-hydroxylation sites is 4. The van der Waals surface area contributed by atoms with Crippen molar-refractivity contribution in [2.75, 3.05) is 9.80 Å². The summed E-state index contributed by atoms with van der Waals surface area (Å²) >= 11 is 0. The summed E-state index contributed by atoms with van der Waals surface area (Å²) in [4.78, 5) is 2.03. The Hall–Kier alpha value is -8.74. The van der Waals surface area contributed by atoms with Crippen molar-refractivity contribution in [2.45, 2.75) is 78.6 Å². The van der Waals surface area contributed by atoms with Crippen LogP contribution in [0, 0.1) is 0 Å². The lowest BCUT2D eigenvalue weighted by molar-refractivity contribution is 0.590. The molecule has 0 saturated heterocycles. The van der Waals surface area contributed by atoms with Crippen LogP contribution in [0.1, 0.15) is 123 Å².